The van der Waals surface area contributed by atoms with Crippen molar-refractivity contribution in [2.45, 2.75) is 6.92 Å². The van der Waals surface area contributed by atoms with Crippen LogP contribution in [0.15, 0.2) is 40.8 Å². The average molecular weight is 354 g/mol. The van der Waals surface area contributed by atoms with E-state index in [9.17, 15) is 4.79 Å². The van der Waals surface area contributed by atoms with E-state index in [0.29, 0.717) is 34.6 Å². The zero-order chi connectivity index (χ0) is 18.7. The molecule has 0 unspecified atom stereocenters. The van der Waals surface area contributed by atoms with Crippen LogP contribution >= 0.6 is 0 Å². The number of aryl methyl sites for hydroxylation is 1. The van der Waals surface area contributed by atoms with Crippen LogP contribution in [0.5, 0.6) is 11.5 Å². The van der Waals surface area contributed by atoms with Crippen molar-refractivity contribution in [3.63, 3.8) is 0 Å². The van der Waals surface area contributed by atoms with Crippen LogP contribution in [0.4, 0.5) is 0 Å². The van der Waals surface area contributed by atoms with Gasteiger partial charge in [0.25, 0.3) is 0 Å². The number of carbonyl (C=O) groups is 1. The Bertz CT molecular complexity index is 949. The molecule has 0 atom stereocenters. The molecule has 3 rings (SSSR count). The maximum atomic E-state index is 11.2. The van der Waals surface area contributed by atoms with E-state index in [1.807, 2.05) is 13.0 Å². The van der Waals surface area contributed by atoms with Crippen molar-refractivity contribution < 1.29 is 18.7 Å². The Kier molecular flexibility index (Phi) is 4.74. The Morgan fingerprint density at radius 1 is 1.15 bits per heavy atom. The van der Waals surface area contributed by atoms with Crippen molar-refractivity contribution in [3.8, 4) is 28.8 Å². The van der Waals surface area contributed by atoms with E-state index in [0.717, 1.165) is 5.76 Å². The fraction of sp³-hybridized carbons (Fsp3) is 0.167. The lowest BCUT2D eigenvalue weighted by Crippen LogP contribution is -2.07. The molecular formula is C18H18N4O4. The molecule has 2 N–H and O–H groups in total. The lowest BCUT2D eigenvalue weighted by molar-refractivity contribution is -0.113. The first-order valence-electron chi connectivity index (χ1n) is 7.76. The molecule has 0 fully saturated rings. The van der Waals surface area contributed by atoms with Crippen LogP contribution in [0.25, 0.3) is 23.3 Å². The number of para-hydroxylation sites is 1. The smallest absolute Gasteiger partial charge is 0.241 e. The van der Waals surface area contributed by atoms with E-state index < -0.39 is 5.91 Å². The third-order valence-corrected chi connectivity index (χ3v) is 3.67. The van der Waals surface area contributed by atoms with Crippen LogP contribution in [0, 0.1) is 6.92 Å². The molecule has 2 heterocycles. The number of primary amides is 1. The maximum absolute atomic E-state index is 11.2. The predicted octanol–water partition coefficient (Wildman–Crippen LogP) is 2.35. The molecule has 1 amide bonds. The number of rotatable bonds is 6. The van der Waals surface area contributed by atoms with Gasteiger partial charge in [-0.3, -0.25) is 9.36 Å². The number of amides is 1. The highest BCUT2D eigenvalue weighted by Crippen LogP contribution is 2.36. The van der Waals surface area contributed by atoms with Crippen LogP contribution in [0.3, 0.4) is 0 Å². The molecule has 0 aliphatic heterocycles. The minimum Gasteiger partial charge on any atom is -0.494 e. The third kappa shape index (κ3) is 3.16. The van der Waals surface area contributed by atoms with E-state index in [1.165, 1.54) is 12.2 Å². The summed E-state index contributed by atoms with van der Waals surface area (Å²) in [7, 11) is 3.11. The molecular weight excluding hydrogens is 336 g/mol. The van der Waals surface area contributed by atoms with Gasteiger partial charge in [0.05, 0.1) is 14.2 Å². The van der Waals surface area contributed by atoms with Crippen molar-refractivity contribution in [1.29, 1.82) is 0 Å². The molecule has 0 aliphatic rings. The number of furan rings is 1. The number of ether oxygens (including phenoxy) is 2. The van der Waals surface area contributed by atoms with Gasteiger partial charge in [-0.2, -0.15) is 0 Å². The minimum absolute atomic E-state index is 0.371. The molecule has 0 bridgehead atoms. The maximum Gasteiger partial charge on any atom is 0.241 e. The zero-order valence-corrected chi connectivity index (χ0v) is 14.6. The highest BCUT2D eigenvalue weighted by Gasteiger charge is 2.22. The summed E-state index contributed by atoms with van der Waals surface area (Å²) >= 11 is 0. The van der Waals surface area contributed by atoms with Crippen LogP contribution < -0.4 is 15.2 Å². The SMILES string of the molecule is COc1cccc(OC)c1-n1c(/C=C/C(N)=O)nnc1-c1ccc(C)o1. The number of aromatic nitrogens is 3. The van der Waals surface area contributed by atoms with Gasteiger partial charge < -0.3 is 19.6 Å². The first-order chi connectivity index (χ1) is 12.5. The van der Waals surface area contributed by atoms with Crippen molar-refractivity contribution in [3.05, 3.63) is 48.0 Å². The fourth-order valence-corrected chi connectivity index (χ4v) is 2.55. The quantitative estimate of drug-likeness (QED) is 0.681. The summed E-state index contributed by atoms with van der Waals surface area (Å²) in [6.07, 6.45) is 2.68. The van der Waals surface area contributed by atoms with Crippen molar-refractivity contribution >= 4 is 12.0 Å². The highest BCUT2D eigenvalue weighted by molar-refractivity contribution is 5.90. The van der Waals surface area contributed by atoms with Crippen LogP contribution in [0.1, 0.15) is 11.6 Å². The summed E-state index contributed by atoms with van der Waals surface area (Å²) in [5.41, 5.74) is 5.79. The lowest BCUT2D eigenvalue weighted by atomic mass is 10.2. The Morgan fingerprint density at radius 2 is 1.85 bits per heavy atom. The Balaban J connectivity index is 2.31. The van der Waals surface area contributed by atoms with Gasteiger partial charge in [-0.05, 0) is 37.3 Å². The van der Waals surface area contributed by atoms with E-state index in [4.69, 9.17) is 19.6 Å². The monoisotopic (exact) mass is 354 g/mol. The number of benzene rings is 1. The standard InChI is InChI=1S/C18H18N4O4/c1-11-7-8-14(26-11)18-21-20-16(10-9-15(19)23)22(18)17-12(24-2)5-4-6-13(17)25-3/h4-10H,1-3H3,(H2,19,23)/b10-9+. The zero-order valence-electron chi connectivity index (χ0n) is 14.6. The van der Waals surface area contributed by atoms with Gasteiger partial charge >= 0.3 is 0 Å². The van der Waals surface area contributed by atoms with Gasteiger partial charge in [0, 0.05) is 6.08 Å². The van der Waals surface area contributed by atoms with Gasteiger partial charge in [0.15, 0.2) is 11.6 Å². The Morgan fingerprint density at radius 3 is 2.38 bits per heavy atom. The van der Waals surface area contributed by atoms with Gasteiger partial charge in [-0.25, -0.2) is 0 Å². The number of nitrogens with zero attached hydrogens (tertiary/aromatic N) is 3. The fourth-order valence-electron chi connectivity index (χ4n) is 2.55. The van der Waals surface area contributed by atoms with E-state index in [2.05, 4.69) is 10.2 Å². The first-order valence-corrected chi connectivity index (χ1v) is 7.76. The minimum atomic E-state index is -0.595. The summed E-state index contributed by atoms with van der Waals surface area (Å²) in [6, 6.07) is 9.00. The van der Waals surface area contributed by atoms with Gasteiger partial charge in [0.1, 0.15) is 22.9 Å². The second-order valence-electron chi connectivity index (χ2n) is 5.37. The van der Waals surface area contributed by atoms with E-state index >= 15 is 0 Å². The Labute approximate surface area is 149 Å². The second-order valence-corrected chi connectivity index (χ2v) is 5.37. The summed E-state index contributed by atoms with van der Waals surface area (Å²) in [5, 5.41) is 8.36. The molecule has 0 radical (unpaired) electrons. The van der Waals surface area contributed by atoms with Gasteiger partial charge in [-0.15, -0.1) is 10.2 Å². The molecule has 0 saturated heterocycles. The van der Waals surface area contributed by atoms with Gasteiger partial charge in [-0.1, -0.05) is 6.07 Å². The van der Waals surface area contributed by atoms with Crippen molar-refractivity contribution in [2.75, 3.05) is 14.2 Å². The number of hydrogen-bond donors (Lipinski definition) is 1. The molecule has 8 heteroatoms. The Hall–Kier alpha value is -3.55. The molecule has 0 aliphatic carbocycles. The number of methoxy groups -OCH3 is 2. The number of nitrogens with two attached hydrogens (primary N) is 1. The van der Waals surface area contributed by atoms with E-state index in [1.54, 1.807) is 43.1 Å². The highest BCUT2D eigenvalue weighted by atomic mass is 16.5. The van der Waals surface area contributed by atoms with E-state index in [-0.39, 0.29) is 0 Å². The molecule has 0 spiro atoms. The largest absolute Gasteiger partial charge is 0.494 e. The predicted molar refractivity (Wildman–Crippen MR) is 95.1 cm³/mol. The molecule has 0 saturated carbocycles. The molecule has 26 heavy (non-hydrogen) atoms. The number of hydrogen-bond acceptors (Lipinski definition) is 6. The summed E-state index contributed by atoms with van der Waals surface area (Å²) in [6.45, 7) is 1.84. The first kappa shape index (κ1) is 17.3. The van der Waals surface area contributed by atoms with Crippen molar-refractivity contribution in [1.82, 2.24) is 14.8 Å². The summed E-state index contributed by atoms with van der Waals surface area (Å²) in [5.74, 6) is 2.55. The van der Waals surface area contributed by atoms with Crippen LogP contribution in [-0.4, -0.2) is 34.9 Å². The van der Waals surface area contributed by atoms with Crippen LogP contribution in [-0.2, 0) is 4.79 Å². The number of carbonyl (C=O) groups excluding carboxylic acids is 1. The molecule has 134 valence electrons. The lowest BCUT2D eigenvalue weighted by Gasteiger charge is -2.15. The molecule has 3 aromatic rings. The second kappa shape index (κ2) is 7.14. The average Bonchev–Trinajstić information content (AvgIpc) is 3.24. The summed E-state index contributed by atoms with van der Waals surface area (Å²) in [4.78, 5) is 11.2. The normalized spacial score (nSPS) is 11.0. The van der Waals surface area contributed by atoms with Crippen molar-refractivity contribution in [2.24, 2.45) is 5.73 Å². The van der Waals surface area contributed by atoms with Gasteiger partial charge in [0.2, 0.25) is 11.7 Å². The molecule has 8 nitrogen and oxygen atoms in total. The summed E-state index contributed by atoms with van der Waals surface area (Å²) < 4.78 is 18.4. The molecule has 2 aromatic heterocycles. The van der Waals surface area contributed by atoms with Crippen LogP contribution in [0.2, 0.25) is 0 Å². The topological polar surface area (TPSA) is 105 Å². The third-order valence-electron chi connectivity index (χ3n) is 3.67. The molecule has 1 aromatic carbocycles.